The van der Waals surface area contributed by atoms with Gasteiger partial charge in [0, 0.05) is 13.1 Å². The molecule has 0 bridgehead atoms. The molecule has 2 atom stereocenters. The molecule has 2 rings (SSSR count). The van der Waals surface area contributed by atoms with E-state index in [-0.39, 0.29) is 6.10 Å². The first-order valence-corrected chi connectivity index (χ1v) is 6.79. The van der Waals surface area contributed by atoms with Crippen molar-refractivity contribution in [3.8, 4) is 0 Å². The molecule has 18 heavy (non-hydrogen) atoms. The van der Waals surface area contributed by atoms with Crippen molar-refractivity contribution in [2.45, 2.75) is 32.5 Å². The van der Waals surface area contributed by atoms with Crippen LogP contribution in [0.25, 0.3) is 0 Å². The number of rotatable bonds is 4. The summed E-state index contributed by atoms with van der Waals surface area (Å²) in [6, 6.07) is 8.04. The Morgan fingerprint density at radius 3 is 3.06 bits per heavy atom. The summed E-state index contributed by atoms with van der Waals surface area (Å²) in [5.74, 6) is 0. The van der Waals surface area contributed by atoms with Crippen LogP contribution in [0.2, 0.25) is 0 Å². The van der Waals surface area contributed by atoms with E-state index in [1.807, 2.05) is 31.2 Å². The molecule has 3 nitrogen and oxygen atoms in total. The van der Waals surface area contributed by atoms with E-state index >= 15 is 0 Å². The van der Waals surface area contributed by atoms with Crippen molar-refractivity contribution in [3.63, 3.8) is 0 Å². The maximum absolute atomic E-state index is 10.4. The molecule has 100 valence electrons. The number of benzene rings is 1. The monoisotopic (exact) mass is 249 g/mol. The Morgan fingerprint density at radius 1 is 1.50 bits per heavy atom. The zero-order valence-corrected chi connectivity index (χ0v) is 11.3. The second-order valence-corrected chi connectivity index (χ2v) is 5.07. The third-order valence-corrected chi connectivity index (χ3v) is 3.45. The maximum Gasteiger partial charge on any atom is 0.106 e. The van der Waals surface area contributed by atoms with Crippen LogP contribution in [-0.4, -0.2) is 42.4 Å². The molecule has 0 saturated carbocycles. The van der Waals surface area contributed by atoms with Gasteiger partial charge in [0.25, 0.3) is 0 Å². The molecule has 1 saturated heterocycles. The predicted octanol–water partition coefficient (Wildman–Crippen LogP) is 2.14. The van der Waals surface area contributed by atoms with Crippen LogP contribution in [0.1, 0.15) is 30.6 Å². The predicted molar refractivity (Wildman–Crippen MR) is 72.6 cm³/mol. The van der Waals surface area contributed by atoms with Gasteiger partial charge in [0.15, 0.2) is 0 Å². The second-order valence-electron chi connectivity index (χ2n) is 5.07. The summed E-state index contributed by atoms with van der Waals surface area (Å²) in [5, 5.41) is 10.4. The highest BCUT2D eigenvalue weighted by Gasteiger charge is 2.27. The zero-order chi connectivity index (χ0) is 13.0. The Morgan fingerprint density at radius 2 is 2.33 bits per heavy atom. The van der Waals surface area contributed by atoms with Crippen LogP contribution in [0.3, 0.4) is 0 Å². The molecule has 0 spiro atoms. The topological polar surface area (TPSA) is 32.7 Å². The van der Waals surface area contributed by atoms with Gasteiger partial charge in [-0.3, -0.25) is 4.90 Å². The van der Waals surface area contributed by atoms with Crippen LogP contribution >= 0.6 is 0 Å². The summed E-state index contributed by atoms with van der Waals surface area (Å²) in [5.41, 5.74) is 2.13. The van der Waals surface area contributed by atoms with E-state index in [9.17, 15) is 5.11 Å². The van der Waals surface area contributed by atoms with E-state index in [4.69, 9.17) is 4.74 Å². The lowest BCUT2D eigenvalue weighted by Gasteiger charge is -2.35. The molecule has 1 aromatic rings. The first-order valence-electron chi connectivity index (χ1n) is 6.79. The van der Waals surface area contributed by atoms with Gasteiger partial charge >= 0.3 is 0 Å². The summed E-state index contributed by atoms with van der Waals surface area (Å²) < 4.78 is 5.72. The van der Waals surface area contributed by atoms with Gasteiger partial charge in [-0.2, -0.15) is 0 Å². The number of nitrogens with zero attached hydrogens (tertiary/aromatic N) is 1. The number of hydrogen-bond donors (Lipinski definition) is 1. The molecule has 3 heteroatoms. The normalized spacial score (nSPS) is 22.9. The summed E-state index contributed by atoms with van der Waals surface area (Å²) in [6.45, 7) is 7.82. The van der Waals surface area contributed by atoms with Crippen LogP contribution in [0, 0.1) is 6.92 Å². The van der Waals surface area contributed by atoms with Crippen molar-refractivity contribution in [3.05, 3.63) is 35.4 Å². The first-order chi connectivity index (χ1) is 8.70. The molecule has 0 amide bonds. The molecule has 2 unspecified atom stereocenters. The quantitative estimate of drug-likeness (QED) is 0.887. The van der Waals surface area contributed by atoms with Crippen LogP contribution < -0.4 is 0 Å². The van der Waals surface area contributed by atoms with Gasteiger partial charge in [-0.15, -0.1) is 0 Å². The van der Waals surface area contributed by atoms with Gasteiger partial charge in [0.05, 0.1) is 6.61 Å². The summed E-state index contributed by atoms with van der Waals surface area (Å²) in [4.78, 5) is 2.37. The summed E-state index contributed by atoms with van der Waals surface area (Å²) in [6.07, 6.45) is 0.518. The molecule has 1 N–H and O–H groups in total. The van der Waals surface area contributed by atoms with E-state index in [0.717, 1.165) is 31.6 Å². The lowest BCUT2D eigenvalue weighted by molar-refractivity contribution is -0.0898. The third kappa shape index (κ3) is 3.31. The fraction of sp³-hybridized carbons (Fsp3) is 0.600. The molecule has 1 heterocycles. The van der Waals surface area contributed by atoms with Gasteiger partial charge < -0.3 is 9.84 Å². The Labute approximate surface area is 109 Å². The smallest absolute Gasteiger partial charge is 0.106 e. The Bertz CT molecular complexity index is 379. The van der Waals surface area contributed by atoms with Gasteiger partial charge in [-0.05, 0) is 25.5 Å². The molecule has 0 aliphatic carbocycles. The minimum atomic E-state index is -0.524. The number of aliphatic hydroxyl groups excluding tert-OH is 1. The summed E-state index contributed by atoms with van der Waals surface area (Å²) >= 11 is 0. The minimum Gasteiger partial charge on any atom is -0.386 e. The molecule has 1 aliphatic heterocycles. The third-order valence-electron chi connectivity index (χ3n) is 3.45. The average molecular weight is 249 g/mol. The lowest BCUT2D eigenvalue weighted by atomic mass is 10.0. The molecular formula is C15H23NO2. The Kier molecular flexibility index (Phi) is 4.75. The van der Waals surface area contributed by atoms with Gasteiger partial charge in [-0.1, -0.05) is 36.8 Å². The van der Waals surface area contributed by atoms with Crippen molar-refractivity contribution in [1.82, 2.24) is 4.90 Å². The molecule has 1 aromatic carbocycles. The average Bonchev–Trinajstić information content (AvgIpc) is 2.39. The van der Waals surface area contributed by atoms with Crippen molar-refractivity contribution in [1.29, 1.82) is 0 Å². The SMILES string of the molecule is CCCN1CCOC(C(O)c2cccc(C)c2)C1. The van der Waals surface area contributed by atoms with Gasteiger partial charge in [0.1, 0.15) is 12.2 Å². The largest absolute Gasteiger partial charge is 0.386 e. The minimum absolute atomic E-state index is 0.105. The standard InChI is InChI=1S/C15H23NO2/c1-3-7-16-8-9-18-14(11-16)15(17)13-6-4-5-12(2)10-13/h4-6,10,14-15,17H,3,7-9,11H2,1-2H3. The lowest BCUT2D eigenvalue weighted by Crippen LogP contribution is -2.45. The van der Waals surface area contributed by atoms with Crippen LogP contribution in [-0.2, 0) is 4.74 Å². The molecule has 0 aromatic heterocycles. The Balaban J connectivity index is 2.02. The number of hydrogen-bond acceptors (Lipinski definition) is 3. The van der Waals surface area contributed by atoms with Crippen molar-refractivity contribution < 1.29 is 9.84 Å². The van der Waals surface area contributed by atoms with Gasteiger partial charge in [0.2, 0.25) is 0 Å². The van der Waals surface area contributed by atoms with Crippen LogP contribution in [0.4, 0.5) is 0 Å². The van der Waals surface area contributed by atoms with Crippen LogP contribution in [0.5, 0.6) is 0 Å². The molecule has 1 fully saturated rings. The molecular weight excluding hydrogens is 226 g/mol. The maximum atomic E-state index is 10.4. The van der Waals surface area contributed by atoms with E-state index in [0.29, 0.717) is 6.61 Å². The Hall–Kier alpha value is -0.900. The fourth-order valence-electron chi connectivity index (χ4n) is 2.51. The highest BCUT2D eigenvalue weighted by Crippen LogP contribution is 2.23. The number of aryl methyl sites for hydroxylation is 1. The highest BCUT2D eigenvalue weighted by atomic mass is 16.5. The second kappa shape index (κ2) is 6.32. The van der Waals surface area contributed by atoms with Crippen LogP contribution in [0.15, 0.2) is 24.3 Å². The zero-order valence-electron chi connectivity index (χ0n) is 11.3. The molecule has 1 aliphatic rings. The van der Waals surface area contributed by atoms with E-state index < -0.39 is 6.10 Å². The molecule has 0 radical (unpaired) electrons. The number of morpholine rings is 1. The number of ether oxygens (including phenoxy) is 1. The highest BCUT2D eigenvalue weighted by molar-refractivity contribution is 5.24. The van der Waals surface area contributed by atoms with E-state index in [1.54, 1.807) is 0 Å². The van der Waals surface area contributed by atoms with Gasteiger partial charge in [-0.25, -0.2) is 0 Å². The van der Waals surface area contributed by atoms with Crippen molar-refractivity contribution in [2.24, 2.45) is 0 Å². The van der Waals surface area contributed by atoms with Crippen molar-refractivity contribution in [2.75, 3.05) is 26.2 Å². The fourth-order valence-corrected chi connectivity index (χ4v) is 2.51. The number of aliphatic hydroxyl groups is 1. The van der Waals surface area contributed by atoms with E-state index in [1.165, 1.54) is 5.56 Å². The first kappa shape index (κ1) is 13.5. The van der Waals surface area contributed by atoms with Crippen molar-refractivity contribution >= 4 is 0 Å². The van der Waals surface area contributed by atoms with E-state index in [2.05, 4.69) is 11.8 Å². The summed E-state index contributed by atoms with van der Waals surface area (Å²) in [7, 11) is 0.